The number of benzene rings is 1. The van der Waals surface area contributed by atoms with Crippen molar-refractivity contribution >= 4 is 52.1 Å². The summed E-state index contributed by atoms with van der Waals surface area (Å²) in [6.07, 6.45) is -0.646. The number of methoxy groups -OCH3 is 1. The number of alkyl carbamates (subject to hydrolysis) is 1. The second-order valence-electron chi connectivity index (χ2n) is 3.11. The Morgan fingerprint density at radius 1 is 1.22 bits per heavy atom. The number of carbonyl (C=O) groups excluding carboxylic acids is 1. The van der Waals surface area contributed by atoms with Crippen molar-refractivity contribution in [1.82, 2.24) is 5.32 Å². The first-order chi connectivity index (χ1) is 8.52. The van der Waals surface area contributed by atoms with Gasteiger partial charge in [-0.25, -0.2) is 4.79 Å². The molecule has 5 N–H and O–H groups in total. The van der Waals surface area contributed by atoms with Crippen molar-refractivity contribution in [1.29, 1.82) is 0 Å². The zero-order valence-electron chi connectivity index (χ0n) is 9.52. The van der Waals surface area contributed by atoms with Gasteiger partial charge in [0.2, 0.25) is 0 Å². The smallest absolute Gasteiger partial charge is 0.413 e. The Hall–Kier alpha value is -1.93. The summed E-state index contributed by atoms with van der Waals surface area (Å²) in [6, 6.07) is 7.13. The Morgan fingerprint density at radius 2 is 1.78 bits per heavy atom. The molecule has 1 aromatic rings. The van der Waals surface area contributed by atoms with Gasteiger partial charge in [-0.1, -0.05) is 12.1 Å². The zero-order valence-corrected chi connectivity index (χ0v) is 11.2. The Balaban J connectivity index is 2.74. The number of ether oxygens (including phenoxy) is 1. The highest BCUT2D eigenvalue weighted by Crippen LogP contribution is 2.20. The maximum absolute atomic E-state index is 11.0. The summed E-state index contributed by atoms with van der Waals surface area (Å²) < 4.78 is 4.42. The van der Waals surface area contributed by atoms with E-state index in [1.807, 2.05) is 6.07 Å². The lowest BCUT2D eigenvalue weighted by Crippen LogP contribution is -2.34. The maximum atomic E-state index is 11.0. The SMILES string of the molecule is COC(=O)NC(=S)Nc1ccccc1NC(N)=S. The van der Waals surface area contributed by atoms with E-state index >= 15 is 0 Å². The lowest BCUT2D eigenvalue weighted by atomic mass is 10.2. The third-order valence-corrected chi connectivity index (χ3v) is 2.14. The molecule has 0 unspecified atom stereocenters. The molecular weight excluding hydrogens is 272 g/mol. The number of hydrogen-bond donors (Lipinski definition) is 4. The van der Waals surface area contributed by atoms with Gasteiger partial charge in [0, 0.05) is 0 Å². The monoisotopic (exact) mass is 284 g/mol. The van der Waals surface area contributed by atoms with Crippen molar-refractivity contribution in [2.75, 3.05) is 17.7 Å². The van der Waals surface area contributed by atoms with Crippen molar-refractivity contribution < 1.29 is 9.53 Å². The first kappa shape index (κ1) is 14.1. The number of anilines is 2. The minimum Gasteiger partial charge on any atom is -0.453 e. The summed E-state index contributed by atoms with van der Waals surface area (Å²) in [6.45, 7) is 0. The van der Waals surface area contributed by atoms with E-state index < -0.39 is 6.09 Å². The number of carbonyl (C=O) groups is 1. The van der Waals surface area contributed by atoms with E-state index in [0.29, 0.717) is 11.4 Å². The topological polar surface area (TPSA) is 88.4 Å². The molecule has 0 spiro atoms. The highest BCUT2D eigenvalue weighted by molar-refractivity contribution is 7.80. The van der Waals surface area contributed by atoms with Gasteiger partial charge in [0.1, 0.15) is 0 Å². The molecule has 0 radical (unpaired) electrons. The van der Waals surface area contributed by atoms with Gasteiger partial charge in [0.05, 0.1) is 18.5 Å². The molecule has 0 heterocycles. The van der Waals surface area contributed by atoms with Crippen LogP contribution in [0.2, 0.25) is 0 Å². The summed E-state index contributed by atoms with van der Waals surface area (Å²) in [5.74, 6) is 0. The Kier molecular flexibility index (Phi) is 5.28. The highest BCUT2D eigenvalue weighted by Gasteiger charge is 2.06. The van der Waals surface area contributed by atoms with Gasteiger partial charge in [-0.05, 0) is 36.6 Å². The van der Waals surface area contributed by atoms with Crippen LogP contribution in [0.1, 0.15) is 0 Å². The van der Waals surface area contributed by atoms with Crippen LogP contribution >= 0.6 is 24.4 Å². The standard InChI is InChI=1S/C10H12N4O2S2/c1-16-10(15)14-9(18)13-7-5-3-2-4-6(7)12-8(11)17/h2-5H,1H3,(H3,11,12,17)(H2,13,14,15,18). The number of rotatable bonds is 2. The number of nitrogens with two attached hydrogens (primary N) is 1. The minimum atomic E-state index is -0.646. The van der Waals surface area contributed by atoms with Crippen molar-refractivity contribution in [3.8, 4) is 0 Å². The van der Waals surface area contributed by atoms with E-state index in [1.54, 1.807) is 18.2 Å². The number of hydrogen-bond acceptors (Lipinski definition) is 4. The molecule has 0 aliphatic carbocycles. The van der Waals surface area contributed by atoms with E-state index in [2.05, 4.69) is 20.7 Å². The third kappa shape index (κ3) is 4.52. The number of nitrogens with one attached hydrogen (secondary N) is 3. The van der Waals surface area contributed by atoms with Crippen LogP contribution in [0.25, 0.3) is 0 Å². The summed E-state index contributed by atoms with van der Waals surface area (Å²) in [7, 11) is 1.25. The van der Waals surface area contributed by atoms with Gasteiger partial charge in [-0.3, -0.25) is 5.32 Å². The van der Waals surface area contributed by atoms with Crippen LogP contribution in [-0.2, 0) is 4.74 Å². The molecule has 0 saturated heterocycles. The highest BCUT2D eigenvalue weighted by atomic mass is 32.1. The van der Waals surface area contributed by atoms with Crippen LogP contribution in [0.4, 0.5) is 16.2 Å². The number of amides is 1. The van der Waals surface area contributed by atoms with Gasteiger partial charge in [0.15, 0.2) is 10.2 Å². The molecule has 0 fully saturated rings. The second kappa shape index (κ2) is 6.72. The fraction of sp³-hybridized carbons (Fsp3) is 0.100. The molecule has 18 heavy (non-hydrogen) atoms. The third-order valence-electron chi connectivity index (χ3n) is 1.83. The first-order valence-corrected chi connectivity index (χ1v) is 5.66. The van der Waals surface area contributed by atoms with Crippen LogP contribution in [-0.4, -0.2) is 23.4 Å². The molecule has 6 nitrogen and oxygen atoms in total. The van der Waals surface area contributed by atoms with Crippen LogP contribution in [0.5, 0.6) is 0 Å². The van der Waals surface area contributed by atoms with E-state index in [-0.39, 0.29) is 10.2 Å². The Labute approximate surface area is 115 Å². The van der Waals surface area contributed by atoms with Crippen LogP contribution in [0, 0.1) is 0 Å². The molecular formula is C10H12N4O2S2. The summed E-state index contributed by atoms with van der Waals surface area (Å²) in [5.41, 5.74) is 6.68. The van der Waals surface area contributed by atoms with E-state index in [9.17, 15) is 4.79 Å². The summed E-state index contributed by atoms with van der Waals surface area (Å²) in [5, 5.41) is 8.18. The summed E-state index contributed by atoms with van der Waals surface area (Å²) >= 11 is 9.69. The largest absolute Gasteiger partial charge is 0.453 e. The van der Waals surface area contributed by atoms with E-state index in [0.717, 1.165) is 0 Å². The van der Waals surface area contributed by atoms with E-state index in [1.165, 1.54) is 7.11 Å². The molecule has 1 rings (SSSR count). The van der Waals surface area contributed by atoms with Crippen LogP contribution in [0.15, 0.2) is 24.3 Å². The molecule has 96 valence electrons. The molecule has 8 heteroatoms. The Bertz CT molecular complexity index is 479. The fourth-order valence-electron chi connectivity index (χ4n) is 1.13. The zero-order chi connectivity index (χ0) is 13.5. The van der Waals surface area contributed by atoms with Gasteiger partial charge in [0.25, 0.3) is 0 Å². The Morgan fingerprint density at radius 3 is 2.28 bits per heavy atom. The fourth-order valence-corrected chi connectivity index (χ4v) is 1.43. The predicted molar refractivity (Wildman–Crippen MR) is 78.6 cm³/mol. The quantitative estimate of drug-likeness (QED) is 0.610. The molecule has 0 aliphatic rings. The number of thiocarbonyl (C=S) groups is 2. The van der Waals surface area contributed by atoms with Crippen molar-refractivity contribution in [3.05, 3.63) is 24.3 Å². The second-order valence-corrected chi connectivity index (χ2v) is 3.95. The van der Waals surface area contributed by atoms with E-state index in [4.69, 9.17) is 30.2 Å². The molecule has 0 aliphatic heterocycles. The van der Waals surface area contributed by atoms with Gasteiger partial charge in [-0.2, -0.15) is 0 Å². The molecule has 1 amide bonds. The lowest BCUT2D eigenvalue weighted by molar-refractivity contribution is 0.177. The first-order valence-electron chi connectivity index (χ1n) is 4.84. The average molecular weight is 284 g/mol. The van der Waals surface area contributed by atoms with Crippen LogP contribution < -0.4 is 21.7 Å². The molecule has 1 aromatic carbocycles. The van der Waals surface area contributed by atoms with Crippen molar-refractivity contribution in [3.63, 3.8) is 0 Å². The lowest BCUT2D eigenvalue weighted by Gasteiger charge is -2.13. The summed E-state index contributed by atoms with van der Waals surface area (Å²) in [4.78, 5) is 11.0. The van der Waals surface area contributed by atoms with Crippen molar-refractivity contribution in [2.24, 2.45) is 5.73 Å². The van der Waals surface area contributed by atoms with Crippen LogP contribution in [0.3, 0.4) is 0 Å². The average Bonchev–Trinajstić information content (AvgIpc) is 2.30. The molecule has 0 atom stereocenters. The molecule has 0 bridgehead atoms. The van der Waals surface area contributed by atoms with Crippen molar-refractivity contribution in [2.45, 2.75) is 0 Å². The molecule has 0 saturated carbocycles. The predicted octanol–water partition coefficient (Wildman–Crippen LogP) is 1.39. The maximum Gasteiger partial charge on any atom is 0.413 e. The normalized spacial score (nSPS) is 9.17. The molecule has 0 aromatic heterocycles. The minimum absolute atomic E-state index is 0.110. The van der Waals surface area contributed by atoms with Gasteiger partial charge < -0.3 is 21.1 Å². The van der Waals surface area contributed by atoms with Gasteiger partial charge >= 0.3 is 6.09 Å². The number of para-hydroxylation sites is 2. The van der Waals surface area contributed by atoms with Gasteiger partial charge in [-0.15, -0.1) is 0 Å².